The normalized spacial score (nSPS) is 10.4. The van der Waals surface area contributed by atoms with Gasteiger partial charge in [0.25, 0.3) is 0 Å². The van der Waals surface area contributed by atoms with E-state index >= 15 is 0 Å². The summed E-state index contributed by atoms with van der Waals surface area (Å²) < 4.78 is 0.642. The third-order valence-electron chi connectivity index (χ3n) is 2.10. The first-order valence-electron chi connectivity index (χ1n) is 4.65. The van der Waals surface area contributed by atoms with Gasteiger partial charge in [0.15, 0.2) is 3.95 Å². The number of hydrogen-bond donors (Lipinski definition) is 2. The van der Waals surface area contributed by atoms with E-state index in [2.05, 4.69) is 21.6 Å². The smallest absolute Gasteiger partial charge is 0.208 e. The standard InChI is InChI=1S/C10H10ClN3S2/c1-5-3-6(2)8(7(11)4-5)12-9-13-14-10(15)16-9/h3-4H,1-2H3,(H,12,13)(H,14,15). The number of halogens is 1. The Hall–Kier alpha value is -0.910. The Morgan fingerprint density at radius 1 is 1.44 bits per heavy atom. The maximum absolute atomic E-state index is 6.17. The largest absolute Gasteiger partial charge is 0.329 e. The highest BCUT2D eigenvalue weighted by Crippen LogP contribution is 2.30. The SMILES string of the molecule is Cc1cc(C)c(Nc2n[nH]c(=S)s2)c(Cl)c1. The van der Waals surface area contributed by atoms with Gasteiger partial charge in [-0.05, 0) is 43.3 Å². The Morgan fingerprint density at radius 2 is 2.19 bits per heavy atom. The van der Waals surface area contributed by atoms with Crippen LogP contribution in [0.4, 0.5) is 10.8 Å². The number of H-pyrrole nitrogens is 1. The molecule has 0 saturated carbocycles. The molecule has 84 valence electrons. The van der Waals surface area contributed by atoms with Gasteiger partial charge in [0.05, 0.1) is 10.7 Å². The van der Waals surface area contributed by atoms with E-state index in [0.29, 0.717) is 8.98 Å². The first-order chi connectivity index (χ1) is 7.56. The molecule has 0 aliphatic carbocycles. The van der Waals surface area contributed by atoms with Crippen molar-refractivity contribution in [2.75, 3.05) is 5.32 Å². The van der Waals surface area contributed by atoms with Crippen LogP contribution in [0.5, 0.6) is 0 Å². The number of rotatable bonds is 2. The Labute approximate surface area is 107 Å². The third kappa shape index (κ3) is 2.42. The van der Waals surface area contributed by atoms with Crippen molar-refractivity contribution in [2.24, 2.45) is 0 Å². The van der Waals surface area contributed by atoms with Crippen LogP contribution in [0, 0.1) is 17.8 Å². The summed E-state index contributed by atoms with van der Waals surface area (Å²) in [7, 11) is 0. The highest BCUT2D eigenvalue weighted by molar-refractivity contribution is 7.73. The van der Waals surface area contributed by atoms with Crippen molar-refractivity contribution < 1.29 is 0 Å². The molecule has 1 aromatic carbocycles. The van der Waals surface area contributed by atoms with Crippen molar-refractivity contribution in [3.05, 3.63) is 32.2 Å². The zero-order chi connectivity index (χ0) is 11.7. The number of aromatic nitrogens is 2. The number of nitrogens with zero attached hydrogens (tertiary/aromatic N) is 1. The summed E-state index contributed by atoms with van der Waals surface area (Å²) in [6.45, 7) is 4.02. The highest BCUT2D eigenvalue weighted by Gasteiger charge is 2.07. The number of hydrogen-bond acceptors (Lipinski definition) is 4. The molecule has 0 radical (unpaired) electrons. The molecule has 2 N–H and O–H groups in total. The monoisotopic (exact) mass is 271 g/mol. The first kappa shape index (κ1) is 11.6. The van der Waals surface area contributed by atoms with Crippen molar-refractivity contribution in [2.45, 2.75) is 13.8 Å². The predicted octanol–water partition coefficient (Wildman–Crippen LogP) is 4.21. The number of anilines is 2. The van der Waals surface area contributed by atoms with Crippen molar-refractivity contribution in [3.63, 3.8) is 0 Å². The maximum atomic E-state index is 6.17. The van der Waals surface area contributed by atoms with Crippen molar-refractivity contribution in [1.29, 1.82) is 0 Å². The minimum atomic E-state index is 0.642. The molecule has 0 spiro atoms. The molecule has 0 aliphatic heterocycles. The van der Waals surface area contributed by atoms with E-state index in [1.165, 1.54) is 11.3 Å². The zero-order valence-corrected chi connectivity index (χ0v) is 11.2. The molecule has 16 heavy (non-hydrogen) atoms. The Kier molecular flexibility index (Phi) is 3.28. The van der Waals surface area contributed by atoms with Gasteiger partial charge in [-0.1, -0.05) is 29.0 Å². The minimum Gasteiger partial charge on any atom is -0.329 e. The van der Waals surface area contributed by atoms with Crippen LogP contribution >= 0.6 is 35.2 Å². The molecule has 0 saturated heterocycles. The summed E-state index contributed by atoms with van der Waals surface area (Å²) in [5.41, 5.74) is 3.11. The van der Waals surface area contributed by atoms with Crippen LogP contribution in [0.25, 0.3) is 0 Å². The maximum Gasteiger partial charge on any atom is 0.208 e. The first-order valence-corrected chi connectivity index (χ1v) is 6.26. The van der Waals surface area contributed by atoms with E-state index in [0.717, 1.165) is 21.9 Å². The summed E-state index contributed by atoms with van der Waals surface area (Å²) >= 11 is 12.5. The fourth-order valence-electron chi connectivity index (χ4n) is 1.46. The summed E-state index contributed by atoms with van der Waals surface area (Å²) in [6, 6.07) is 3.99. The molecule has 0 bridgehead atoms. The van der Waals surface area contributed by atoms with Gasteiger partial charge in [-0.15, -0.1) is 5.10 Å². The molecule has 6 heteroatoms. The van der Waals surface area contributed by atoms with Crippen LogP contribution in [0.15, 0.2) is 12.1 Å². The van der Waals surface area contributed by atoms with Gasteiger partial charge in [-0.2, -0.15) is 0 Å². The molecule has 0 unspecified atom stereocenters. The lowest BCUT2D eigenvalue weighted by Crippen LogP contribution is -1.94. The van der Waals surface area contributed by atoms with Crippen LogP contribution < -0.4 is 5.32 Å². The number of aromatic amines is 1. The summed E-state index contributed by atoms with van der Waals surface area (Å²) in [5, 5.41) is 11.3. The highest BCUT2D eigenvalue weighted by atomic mass is 35.5. The van der Waals surface area contributed by atoms with Gasteiger partial charge in [-0.25, -0.2) is 0 Å². The Balaban J connectivity index is 2.38. The second-order valence-corrected chi connectivity index (χ2v) is 5.55. The molecule has 1 heterocycles. The number of nitrogens with one attached hydrogen (secondary N) is 2. The van der Waals surface area contributed by atoms with Gasteiger partial charge in [0.1, 0.15) is 0 Å². The van der Waals surface area contributed by atoms with Crippen LogP contribution in [0.1, 0.15) is 11.1 Å². The van der Waals surface area contributed by atoms with Crippen LogP contribution in [-0.4, -0.2) is 10.2 Å². The fourth-order valence-corrected chi connectivity index (χ4v) is 2.63. The van der Waals surface area contributed by atoms with Gasteiger partial charge < -0.3 is 5.32 Å². The van der Waals surface area contributed by atoms with E-state index < -0.39 is 0 Å². The number of aryl methyl sites for hydroxylation is 2. The number of benzene rings is 1. The summed E-state index contributed by atoms with van der Waals surface area (Å²) in [4.78, 5) is 0. The van der Waals surface area contributed by atoms with Crippen molar-refractivity contribution in [1.82, 2.24) is 10.2 Å². The topological polar surface area (TPSA) is 40.7 Å². The van der Waals surface area contributed by atoms with Gasteiger partial charge in [-0.3, -0.25) is 5.10 Å². The van der Waals surface area contributed by atoms with Crippen LogP contribution in [0.3, 0.4) is 0 Å². The molecule has 0 fully saturated rings. The molecule has 1 aromatic heterocycles. The van der Waals surface area contributed by atoms with Gasteiger partial charge in [0, 0.05) is 0 Å². The van der Waals surface area contributed by atoms with Crippen LogP contribution in [0.2, 0.25) is 5.02 Å². The zero-order valence-electron chi connectivity index (χ0n) is 8.80. The van der Waals surface area contributed by atoms with E-state index in [-0.39, 0.29) is 0 Å². The lowest BCUT2D eigenvalue weighted by atomic mass is 10.1. The lowest BCUT2D eigenvalue weighted by Gasteiger charge is -2.09. The average Bonchev–Trinajstić information content (AvgIpc) is 2.58. The lowest BCUT2D eigenvalue weighted by molar-refractivity contribution is 1.08. The molecular formula is C10H10ClN3S2. The third-order valence-corrected chi connectivity index (χ3v) is 3.40. The quantitative estimate of drug-likeness (QED) is 0.804. The molecule has 0 aliphatic rings. The molecule has 0 atom stereocenters. The summed E-state index contributed by atoms with van der Waals surface area (Å²) in [6.07, 6.45) is 0. The molecule has 2 rings (SSSR count). The average molecular weight is 272 g/mol. The molecular weight excluding hydrogens is 262 g/mol. The van der Waals surface area contributed by atoms with Gasteiger partial charge in [0.2, 0.25) is 5.13 Å². The molecule has 2 aromatic rings. The van der Waals surface area contributed by atoms with Crippen LogP contribution in [-0.2, 0) is 0 Å². The summed E-state index contributed by atoms with van der Waals surface area (Å²) in [5.74, 6) is 0. The van der Waals surface area contributed by atoms with Gasteiger partial charge >= 0.3 is 0 Å². The Morgan fingerprint density at radius 3 is 2.75 bits per heavy atom. The molecule has 0 amide bonds. The second-order valence-electron chi connectivity index (χ2n) is 3.48. The fraction of sp³-hybridized carbons (Fsp3) is 0.200. The molecule has 3 nitrogen and oxygen atoms in total. The van der Waals surface area contributed by atoms with E-state index in [4.69, 9.17) is 23.8 Å². The second kappa shape index (κ2) is 4.53. The van der Waals surface area contributed by atoms with E-state index in [1.807, 2.05) is 19.9 Å². The van der Waals surface area contributed by atoms with E-state index in [9.17, 15) is 0 Å². The predicted molar refractivity (Wildman–Crippen MR) is 71.5 cm³/mol. The van der Waals surface area contributed by atoms with Crippen molar-refractivity contribution >= 4 is 46.0 Å². The van der Waals surface area contributed by atoms with Crippen molar-refractivity contribution in [3.8, 4) is 0 Å². The minimum absolute atomic E-state index is 0.642. The Bertz CT molecular complexity index is 550. The van der Waals surface area contributed by atoms with E-state index in [1.54, 1.807) is 0 Å².